The summed E-state index contributed by atoms with van der Waals surface area (Å²) in [4.78, 5) is 16.2. The van der Waals surface area contributed by atoms with Crippen molar-refractivity contribution in [1.82, 2.24) is 5.48 Å². The third kappa shape index (κ3) is 2.95. The molecule has 0 radical (unpaired) electrons. The van der Waals surface area contributed by atoms with Crippen LogP contribution < -0.4 is 10.3 Å². The summed E-state index contributed by atoms with van der Waals surface area (Å²) >= 11 is 0. The van der Waals surface area contributed by atoms with E-state index in [0.717, 1.165) is 6.42 Å². The molecule has 0 spiro atoms. The molecule has 4 nitrogen and oxygen atoms in total. The van der Waals surface area contributed by atoms with Gasteiger partial charge in [-0.15, -0.1) is 0 Å². The van der Waals surface area contributed by atoms with Crippen molar-refractivity contribution in [3.63, 3.8) is 0 Å². The normalized spacial score (nSPS) is 10.0. The number of ketones is 1. The smallest absolute Gasteiger partial charge is 0.189 e. The van der Waals surface area contributed by atoms with Crippen molar-refractivity contribution in [3.05, 3.63) is 23.8 Å². The lowest BCUT2D eigenvalue weighted by Crippen LogP contribution is -2.19. The van der Waals surface area contributed by atoms with Crippen LogP contribution in [0.4, 0.5) is 0 Å². The van der Waals surface area contributed by atoms with Gasteiger partial charge in [-0.3, -0.25) is 4.79 Å². The summed E-state index contributed by atoms with van der Waals surface area (Å²) in [5.41, 5.74) is 2.96. The van der Waals surface area contributed by atoms with E-state index >= 15 is 0 Å². The Morgan fingerprint density at radius 2 is 2.27 bits per heavy atom. The van der Waals surface area contributed by atoms with Crippen molar-refractivity contribution in [2.24, 2.45) is 0 Å². The molecule has 0 aliphatic carbocycles. The SMILES string of the molecule is CCCNOc1cccc(C(C)=O)c1O. The lowest BCUT2D eigenvalue weighted by Gasteiger charge is -2.09. The molecule has 1 rings (SSSR count). The molecule has 15 heavy (non-hydrogen) atoms. The van der Waals surface area contributed by atoms with Gasteiger partial charge in [0.05, 0.1) is 5.56 Å². The van der Waals surface area contributed by atoms with Crippen molar-refractivity contribution < 1.29 is 14.7 Å². The summed E-state index contributed by atoms with van der Waals surface area (Å²) in [6.07, 6.45) is 0.924. The fourth-order valence-corrected chi connectivity index (χ4v) is 1.12. The lowest BCUT2D eigenvalue weighted by atomic mass is 10.1. The van der Waals surface area contributed by atoms with Crippen LogP contribution >= 0.6 is 0 Å². The lowest BCUT2D eigenvalue weighted by molar-refractivity contribution is 0.101. The molecule has 1 aromatic rings. The maximum atomic E-state index is 11.1. The van der Waals surface area contributed by atoms with Gasteiger partial charge in [0.15, 0.2) is 17.3 Å². The number of para-hydroxylation sites is 1. The third-order valence-electron chi connectivity index (χ3n) is 1.91. The van der Waals surface area contributed by atoms with Crippen molar-refractivity contribution in [2.75, 3.05) is 6.54 Å². The van der Waals surface area contributed by atoms with Gasteiger partial charge in [-0.05, 0) is 25.5 Å². The Bertz CT molecular complexity index is 350. The molecule has 1 aromatic carbocycles. The summed E-state index contributed by atoms with van der Waals surface area (Å²) in [6, 6.07) is 4.83. The average molecular weight is 209 g/mol. The molecule has 4 heteroatoms. The van der Waals surface area contributed by atoms with Gasteiger partial charge >= 0.3 is 0 Å². The Balaban J connectivity index is 2.80. The van der Waals surface area contributed by atoms with Gasteiger partial charge in [0.25, 0.3) is 0 Å². The topological polar surface area (TPSA) is 58.6 Å². The molecule has 0 amide bonds. The monoisotopic (exact) mass is 209 g/mol. The van der Waals surface area contributed by atoms with Crippen LogP contribution in [0.15, 0.2) is 18.2 Å². The van der Waals surface area contributed by atoms with Crippen LogP contribution in [0.2, 0.25) is 0 Å². The Hall–Kier alpha value is -1.55. The maximum absolute atomic E-state index is 11.1. The first-order chi connectivity index (χ1) is 7.16. The van der Waals surface area contributed by atoms with E-state index in [0.29, 0.717) is 6.54 Å². The first kappa shape index (κ1) is 11.5. The number of Topliss-reactive ketones (excluding diaryl/α,β-unsaturated/α-hetero) is 1. The molecule has 0 unspecified atom stereocenters. The number of hydroxylamine groups is 1. The zero-order chi connectivity index (χ0) is 11.3. The zero-order valence-electron chi connectivity index (χ0n) is 8.91. The molecule has 0 aliphatic heterocycles. The first-order valence-electron chi connectivity index (χ1n) is 4.89. The summed E-state index contributed by atoms with van der Waals surface area (Å²) in [6.45, 7) is 4.09. The zero-order valence-corrected chi connectivity index (χ0v) is 8.91. The molecule has 0 heterocycles. The highest BCUT2D eigenvalue weighted by atomic mass is 16.6. The van der Waals surface area contributed by atoms with Crippen LogP contribution in [0.5, 0.6) is 11.5 Å². The molecule has 0 saturated carbocycles. The van der Waals surface area contributed by atoms with Gasteiger partial charge in [0.2, 0.25) is 0 Å². The quantitative estimate of drug-likeness (QED) is 0.441. The Morgan fingerprint density at radius 3 is 2.87 bits per heavy atom. The number of carbonyl (C=O) groups excluding carboxylic acids is 1. The first-order valence-corrected chi connectivity index (χ1v) is 4.89. The summed E-state index contributed by atoms with van der Waals surface area (Å²) < 4.78 is 0. The number of carbonyl (C=O) groups is 1. The predicted octanol–water partition coefficient (Wildman–Crippen LogP) is 1.89. The minimum Gasteiger partial charge on any atom is -0.504 e. The van der Waals surface area contributed by atoms with E-state index in [1.807, 2.05) is 6.92 Å². The van der Waals surface area contributed by atoms with Gasteiger partial charge < -0.3 is 9.94 Å². The van der Waals surface area contributed by atoms with Crippen LogP contribution in [0.3, 0.4) is 0 Å². The molecular weight excluding hydrogens is 194 g/mol. The second-order valence-corrected chi connectivity index (χ2v) is 3.20. The van der Waals surface area contributed by atoms with Crippen LogP contribution in [-0.2, 0) is 0 Å². The van der Waals surface area contributed by atoms with Gasteiger partial charge in [-0.2, -0.15) is 5.48 Å². The van der Waals surface area contributed by atoms with Gasteiger partial charge in [0, 0.05) is 6.54 Å². The molecule has 82 valence electrons. The average Bonchev–Trinajstić information content (AvgIpc) is 2.20. The van der Waals surface area contributed by atoms with Crippen molar-refractivity contribution in [1.29, 1.82) is 0 Å². The summed E-state index contributed by atoms with van der Waals surface area (Å²) in [5, 5.41) is 9.67. The fraction of sp³-hybridized carbons (Fsp3) is 0.364. The van der Waals surface area contributed by atoms with Crippen molar-refractivity contribution >= 4 is 5.78 Å². The van der Waals surface area contributed by atoms with E-state index < -0.39 is 0 Å². The van der Waals surface area contributed by atoms with E-state index in [1.54, 1.807) is 18.2 Å². The van der Waals surface area contributed by atoms with E-state index in [2.05, 4.69) is 5.48 Å². The molecule has 0 atom stereocenters. The maximum Gasteiger partial charge on any atom is 0.189 e. The third-order valence-corrected chi connectivity index (χ3v) is 1.91. The van der Waals surface area contributed by atoms with E-state index in [9.17, 15) is 9.90 Å². The Kier molecular flexibility index (Phi) is 4.12. The minimum atomic E-state index is -0.187. The molecule has 0 aliphatic rings. The largest absolute Gasteiger partial charge is 0.504 e. The second kappa shape index (κ2) is 5.36. The fourth-order valence-electron chi connectivity index (χ4n) is 1.12. The van der Waals surface area contributed by atoms with Crippen LogP contribution in [0.25, 0.3) is 0 Å². The minimum absolute atomic E-state index is 0.117. The molecular formula is C11H15NO3. The number of phenols is 1. The van der Waals surface area contributed by atoms with Crippen LogP contribution in [0, 0.1) is 0 Å². The number of aromatic hydroxyl groups is 1. The highest BCUT2D eigenvalue weighted by Gasteiger charge is 2.11. The van der Waals surface area contributed by atoms with E-state index in [-0.39, 0.29) is 22.8 Å². The van der Waals surface area contributed by atoms with Gasteiger partial charge in [-0.25, -0.2) is 0 Å². The summed E-state index contributed by atoms with van der Waals surface area (Å²) in [5.74, 6) is -0.0294. The van der Waals surface area contributed by atoms with Crippen LogP contribution in [-0.4, -0.2) is 17.4 Å². The van der Waals surface area contributed by atoms with Gasteiger partial charge in [0.1, 0.15) is 0 Å². The number of nitrogens with one attached hydrogen (secondary N) is 1. The Labute approximate surface area is 88.8 Å². The second-order valence-electron chi connectivity index (χ2n) is 3.20. The number of hydrogen-bond acceptors (Lipinski definition) is 4. The molecule has 0 saturated heterocycles. The molecule has 0 bridgehead atoms. The Morgan fingerprint density at radius 1 is 1.53 bits per heavy atom. The molecule has 0 aromatic heterocycles. The number of phenolic OH excluding ortho intramolecular Hbond substituents is 1. The molecule has 0 fully saturated rings. The molecule has 2 N–H and O–H groups in total. The van der Waals surface area contributed by atoms with Crippen molar-refractivity contribution in [3.8, 4) is 11.5 Å². The highest BCUT2D eigenvalue weighted by molar-refractivity contribution is 5.97. The standard InChI is InChI=1S/C11H15NO3/c1-3-7-12-15-10-6-4-5-9(8(2)13)11(10)14/h4-6,12,14H,3,7H2,1-2H3. The van der Waals surface area contributed by atoms with E-state index in [1.165, 1.54) is 6.92 Å². The number of hydrogen-bond donors (Lipinski definition) is 2. The predicted molar refractivity (Wildman–Crippen MR) is 57.0 cm³/mol. The van der Waals surface area contributed by atoms with E-state index in [4.69, 9.17) is 4.84 Å². The van der Waals surface area contributed by atoms with Crippen LogP contribution in [0.1, 0.15) is 30.6 Å². The number of rotatable bonds is 5. The summed E-state index contributed by atoms with van der Waals surface area (Å²) in [7, 11) is 0. The highest BCUT2D eigenvalue weighted by Crippen LogP contribution is 2.29. The van der Waals surface area contributed by atoms with Crippen molar-refractivity contribution in [2.45, 2.75) is 20.3 Å². The number of benzene rings is 1. The van der Waals surface area contributed by atoms with Gasteiger partial charge in [-0.1, -0.05) is 13.0 Å².